The quantitative estimate of drug-likeness (QED) is 0.904. The van der Waals surface area contributed by atoms with Crippen molar-refractivity contribution < 1.29 is 14.3 Å². The number of furan rings is 1. The fraction of sp³-hybridized carbons (Fsp3) is 0.200. The zero-order valence-corrected chi connectivity index (χ0v) is 9.82. The Morgan fingerprint density at radius 1 is 1.62 bits per heavy atom. The van der Waals surface area contributed by atoms with Crippen molar-refractivity contribution in [2.75, 3.05) is 0 Å². The third-order valence-electron chi connectivity index (χ3n) is 2.07. The molecule has 2 aromatic heterocycles. The monoisotopic (exact) mass is 284 g/mol. The molecule has 2 rings (SSSR count). The van der Waals surface area contributed by atoms with Gasteiger partial charge in [-0.2, -0.15) is 0 Å². The lowest BCUT2D eigenvalue weighted by molar-refractivity contribution is -0.136. The number of aromatic amines is 1. The average molecular weight is 285 g/mol. The summed E-state index contributed by atoms with van der Waals surface area (Å²) in [6.07, 6.45) is 2.03. The van der Waals surface area contributed by atoms with Crippen LogP contribution in [0.3, 0.4) is 0 Å². The number of rotatable bonds is 4. The van der Waals surface area contributed by atoms with Gasteiger partial charge in [-0.25, -0.2) is 4.98 Å². The predicted octanol–water partition coefficient (Wildman–Crippen LogP) is 2.45. The summed E-state index contributed by atoms with van der Waals surface area (Å²) in [5.41, 5.74) is 0.758. The van der Waals surface area contributed by atoms with Crippen molar-refractivity contribution in [1.82, 2.24) is 9.97 Å². The summed E-state index contributed by atoms with van der Waals surface area (Å²) in [7, 11) is 0. The number of aromatic nitrogens is 2. The van der Waals surface area contributed by atoms with Gasteiger partial charge in [-0.1, -0.05) is 0 Å². The van der Waals surface area contributed by atoms with Crippen LogP contribution in [0.2, 0.25) is 0 Å². The second-order valence-electron chi connectivity index (χ2n) is 3.23. The van der Waals surface area contributed by atoms with Gasteiger partial charge in [0, 0.05) is 6.42 Å². The zero-order chi connectivity index (χ0) is 11.5. The maximum atomic E-state index is 10.5. The number of aryl methyl sites for hydroxylation is 1. The van der Waals surface area contributed by atoms with Gasteiger partial charge in [-0.15, -0.1) is 0 Å². The van der Waals surface area contributed by atoms with E-state index < -0.39 is 5.97 Å². The highest BCUT2D eigenvalue weighted by Crippen LogP contribution is 2.22. The van der Waals surface area contributed by atoms with E-state index in [4.69, 9.17) is 9.52 Å². The van der Waals surface area contributed by atoms with Gasteiger partial charge in [0.25, 0.3) is 0 Å². The largest absolute Gasteiger partial charge is 0.481 e. The fourth-order valence-corrected chi connectivity index (χ4v) is 1.79. The minimum Gasteiger partial charge on any atom is -0.481 e. The first-order chi connectivity index (χ1) is 7.66. The van der Waals surface area contributed by atoms with Crippen LogP contribution in [0.25, 0.3) is 11.6 Å². The van der Waals surface area contributed by atoms with Gasteiger partial charge in [0.1, 0.15) is 4.60 Å². The molecule has 84 valence electrons. The zero-order valence-electron chi connectivity index (χ0n) is 8.24. The molecule has 0 saturated heterocycles. The number of aliphatic carboxylic acids is 1. The van der Waals surface area contributed by atoms with Gasteiger partial charge in [0.2, 0.25) is 0 Å². The molecule has 2 heterocycles. The molecule has 0 amide bonds. The van der Waals surface area contributed by atoms with E-state index in [1.165, 1.54) is 0 Å². The number of carboxylic acids is 1. The summed E-state index contributed by atoms with van der Waals surface area (Å²) in [6, 6.07) is 3.55. The van der Waals surface area contributed by atoms with Crippen molar-refractivity contribution in [2.24, 2.45) is 0 Å². The molecule has 0 radical (unpaired) electrons. The van der Waals surface area contributed by atoms with Gasteiger partial charge in [0.15, 0.2) is 11.6 Å². The van der Waals surface area contributed by atoms with Crippen LogP contribution in [0.5, 0.6) is 0 Å². The van der Waals surface area contributed by atoms with Gasteiger partial charge in [-0.3, -0.25) is 4.79 Å². The van der Waals surface area contributed by atoms with Crippen LogP contribution in [0, 0.1) is 0 Å². The van der Waals surface area contributed by atoms with E-state index in [1.54, 1.807) is 18.4 Å². The molecule has 0 atom stereocenters. The lowest BCUT2D eigenvalue weighted by atomic mass is 10.2. The van der Waals surface area contributed by atoms with E-state index in [1.807, 2.05) is 0 Å². The Bertz CT molecular complexity index is 490. The van der Waals surface area contributed by atoms with Crippen LogP contribution in [0.4, 0.5) is 0 Å². The SMILES string of the molecule is O=C(O)CCc1[nH]c(-c2ccco2)nc1Br. The first-order valence-corrected chi connectivity index (χ1v) is 5.46. The van der Waals surface area contributed by atoms with Gasteiger partial charge in [0.05, 0.1) is 18.4 Å². The van der Waals surface area contributed by atoms with Crippen LogP contribution in [-0.4, -0.2) is 21.0 Å². The van der Waals surface area contributed by atoms with Crippen molar-refractivity contribution in [2.45, 2.75) is 12.8 Å². The van der Waals surface area contributed by atoms with E-state index >= 15 is 0 Å². The van der Waals surface area contributed by atoms with E-state index in [9.17, 15) is 4.79 Å². The molecule has 0 saturated carbocycles. The molecule has 2 aromatic rings. The van der Waals surface area contributed by atoms with Crippen molar-refractivity contribution in [3.05, 3.63) is 28.7 Å². The van der Waals surface area contributed by atoms with Crippen LogP contribution in [-0.2, 0) is 11.2 Å². The smallest absolute Gasteiger partial charge is 0.303 e. The number of carboxylic acid groups (broad SMARTS) is 1. The summed E-state index contributed by atoms with van der Waals surface area (Å²) in [5, 5.41) is 8.59. The molecule has 2 N–H and O–H groups in total. The lowest BCUT2D eigenvalue weighted by Crippen LogP contribution is -1.98. The van der Waals surface area contributed by atoms with Crippen molar-refractivity contribution >= 4 is 21.9 Å². The Hall–Kier alpha value is -1.56. The van der Waals surface area contributed by atoms with Crippen LogP contribution < -0.4 is 0 Å². The first kappa shape index (κ1) is 10.9. The van der Waals surface area contributed by atoms with E-state index in [2.05, 4.69) is 25.9 Å². The number of H-pyrrole nitrogens is 1. The van der Waals surface area contributed by atoms with E-state index in [0.717, 1.165) is 5.69 Å². The highest BCUT2D eigenvalue weighted by molar-refractivity contribution is 9.10. The number of carbonyl (C=O) groups is 1. The van der Waals surface area contributed by atoms with Crippen LogP contribution in [0.15, 0.2) is 27.4 Å². The molecule has 0 aliphatic heterocycles. The predicted molar refractivity (Wildman–Crippen MR) is 59.9 cm³/mol. The highest BCUT2D eigenvalue weighted by Gasteiger charge is 2.12. The Morgan fingerprint density at radius 3 is 3.06 bits per heavy atom. The molecule has 0 fully saturated rings. The van der Waals surface area contributed by atoms with Gasteiger partial charge in [-0.05, 0) is 28.1 Å². The summed E-state index contributed by atoms with van der Waals surface area (Å²) in [6.45, 7) is 0. The van der Waals surface area contributed by atoms with Crippen LogP contribution >= 0.6 is 15.9 Å². The minimum absolute atomic E-state index is 0.0678. The highest BCUT2D eigenvalue weighted by atomic mass is 79.9. The molecule has 0 aromatic carbocycles. The van der Waals surface area contributed by atoms with Crippen molar-refractivity contribution in [3.8, 4) is 11.6 Å². The maximum absolute atomic E-state index is 10.5. The number of halogens is 1. The number of nitrogens with one attached hydrogen (secondary N) is 1. The molecule has 5 nitrogen and oxygen atoms in total. The Kier molecular flexibility index (Phi) is 3.09. The fourth-order valence-electron chi connectivity index (χ4n) is 1.32. The van der Waals surface area contributed by atoms with Gasteiger partial charge < -0.3 is 14.5 Å². The first-order valence-electron chi connectivity index (χ1n) is 4.67. The summed E-state index contributed by atoms with van der Waals surface area (Å²) in [5.74, 6) is 0.389. The molecule has 6 heteroatoms. The normalized spacial score (nSPS) is 10.6. The molecule has 0 unspecified atom stereocenters. The number of nitrogens with zero attached hydrogens (tertiary/aromatic N) is 1. The number of hydrogen-bond acceptors (Lipinski definition) is 3. The molecule has 16 heavy (non-hydrogen) atoms. The molecular formula is C10H9BrN2O3. The molecular weight excluding hydrogens is 276 g/mol. The summed E-state index contributed by atoms with van der Waals surface area (Å²) < 4.78 is 5.81. The minimum atomic E-state index is -0.832. The second-order valence-corrected chi connectivity index (χ2v) is 3.98. The van der Waals surface area contributed by atoms with Crippen molar-refractivity contribution in [1.29, 1.82) is 0 Å². The number of imidazole rings is 1. The van der Waals surface area contributed by atoms with Crippen LogP contribution in [0.1, 0.15) is 12.1 Å². The molecule has 0 spiro atoms. The Balaban J connectivity index is 2.19. The standard InChI is InChI=1S/C10H9BrN2O3/c11-9-6(3-4-8(14)15)12-10(13-9)7-2-1-5-16-7/h1-2,5H,3-4H2,(H,12,13)(H,14,15). The molecule has 0 aliphatic rings. The van der Waals surface area contributed by atoms with E-state index in [-0.39, 0.29) is 6.42 Å². The third kappa shape index (κ3) is 2.33. The maximum Gasteiger partial charge on any atom is 0.303 e. The topological polar surface area (TPSA) is 79.1 Å². The number of hydrogen-bond donors (Lipinski definition) is 2. The Labute approximate surface area is 99.6 Å². The van der Waals surface area contributed by atoms with Crippen molar-refractivity contribution in [3.63, 3.8) is 0 Å². The lowest BCUT2D eigenvalue weighted by Gasteiger charge is -1.93. The summed E-state index contributed by atoms with van der Waals surface area (Å²) in [4.78, 5) is 17.7. The average Bonchev–Trinajstić information content (AvgIpc) is 2.83. The second kappa shape index (κ2) is 4.52. The summed E-state index contributed by atoms with van der Waals surface area (Å²) >= 11 is 3.28. The molecule has 0 bridgehead atoms. The van der Waals surface area contributed by atoms with E-state index in [0.29, 0.717) is 22.6 Å². The third-order valence-corrected chi connectivity index (χ3v) is 2.73. The van der Waals surface area contributed by atoms with Gasteiger partial charge >= 0.3 is 5.97 Å². The Morgan fingerprint density at radius 2 is 2.44 bits per heavy atom. The molecule has 0 aliphatic carbocycles.